The number of halogens is 1. The monoisotopic (exact) mass is 369 g/mol. The van der Waals surface area contributed by atoms with Gasteiger partial charge < -0.3 is 10.1 Å². The fourth-order valence-electron chi connectivity index (χ4n) is 2.52. The Hall–Kier alpha value is -2.79. The van der Waals surface area contributed by atoms with Crippen molar-refractivity contribution in [2.24, 2.45) is 7.05 Å². The first-order valence-corrected chi connectivity index (χ1v) is 8.65. The highest BCUT2D eigenvalue weighted by atomic mass is 35.5. The van der Waals surface area contributed by atoms with Gasteiger partial charge in [0, 0.05) is 18.3 Å². The molecule has 0 atom stereocenters. The number of aryl methyl sites for hydroxylation is 2. The van der Waals surface area contributed by atoms with Gasteiger partial charge in [0.05, 0.1) is 17.3 Å². The van der Waals surface area contributed by atoms with E-state index in [0.717, 1.165) is 17.0 Å². The van der Waals surface area contributed by atoms with Crippen LogP contribution < -0.4 is 10.1 Å². The van der Waals surface area contributed by atoms with E-state index in [4.69, 9.17) is 16.3 Å². The lowest BCUT2D eigenvalue weighted by Gasteiger charge is -2.09. The lowest BCUT2D eigenvalue weighted by Crippen LogP contribution is -2.23. The van der Waals surface area contributed by atoms with Crippen molar-refractivity contribution in [3.05, 3.63) is 82.1 Å². The first kappa shape index (κ1) is 18.0. The number of carbonyl (C=O) groups is 1. The topological polar surface area (TPSA) is 56.1 Å². The Balaban J connectivity index is 1.61. The number of hydrogen-bond acceptors (Lipinski definition) is 3. The summed E-state index contributed by atoms with van der Waals surface area (Å²) in [5, 5.41) is 7.79. The van der Waals surface area contributed by atoms with Crippen molar-refractivity contribution in [3.8, 4) is 5.75 Å². The van der Waals surface area contributed by atoms with Crippen LogP contribution in [0.5, 0.6) is 5.75 Å². The molecule has 1 heterocycles. The summed E-state index contributed by atoms with van der Waals surface area (Å²) in [7, 11) is 1.88. The molecule has 0 spiro atoms. The van der Waals surface area contributed by atoms with Crippen LogP contribution in [0.4, 0.5) is 0 Å². The minimum absolute atomic E-state index is 0.145. The number of ether oxygens (including phenoxy) is 1. The molecule has 5 nitrogen and oxygen atoms in total. The predicted octanol–water partition coefficient (Wildman–Crippen LogP) is 3.89. The molecule has 3 rings (SSSR count). The van der Waals surface area contributed by atoms with Gasteiger partial charge in [0.25, 0.3) is 5.91 Å². The van der Waals surface area contributed by atoms with Crippen LogP contribution in [0.2, 0.25) is 5.02 Å². The molecular formula is C20H20ClN3O2. The molecule has 6 heteroatoms. The van der Waals surface area contributed by atoms with E-state index >= 15 is 0 Å². The molecular weight excluding hydrogens is 350 g/mol. The number of aromatic nitrogens is 2. The summed E-state index contributed by atoms with van der Waals surface area (Å²) < 4.78 is 7.51. The molecule has 26 heavy (non-hydrogen) atoms. The molecule has 134 valence electrons. The summed E-state index contributed by atoms with van der Waals surface area (Å²) in [6.45, 7) is 2.70. The van der Waals surface area contributed by atoms with Gasteiger partial charge in [0.15, 0.2) is 0 Å². The zero-order valence-electron chi connectivity index (χ0n) is 14.7. The van der Waals surface area contributed by atoms with Gasteiger partial charge in [-0.25, -0.2) is 0 Å². The van der Waals surface area contributed by atoms with Crippen molar-refractivity contribution < 1.29 is 9.53 Å². The van der Waals surface area contributed by atoms with Crippen molar-refractivity contribution >= 4 is 17.5 Å². The van der Waals surface area contributed by atoms with Crippen molar-refractivity contribution in [2.75, 3.05) is 0 Å². The maximum atomic E-state index is 12.4. The van der Waals surface area contributed by atoms with E-state index in [9.17, 15) is 4.79 Å². The molecule has 0 radical (unpaired) electrons. The second-order valence-corrected chi connectivity index (χ2v) is 6.41. The maximum Gasteiger partial charge on any atom is 0.251 e. The Morgan fingerprint density at radius 2 is 2.00 bits per heavy atom. The third-order valence-corrected chi connectivity index (χ3v) is 4.33. The van der Waals surface area contributed by atoms with Crippen LogP contribution >= 0.6 is 11.6 Å². The minimum atomic E-state index is -0.145. The van der Waals surface area contributed by atoms with Crippen molar-refractivity contribution in [3.63, 3.8) is 0 Å². The van der Waals surface area contributed by atoms with Crippen molar-refractivity contribution in [2.45, 2.75) is 20.1 Å². The van der Waals surface area contributed by atoms with Gasteiger partial charge in [-0.3, -0.25) is 9.48 Å². The van der Waals surface area contributed by atoms with Gasteiger partial charge in [-0.05, 0) is 42.8 Å². The van der Waals surface area contributed by atoms with Crippen LogP contribution in [0.1, 0.15) is 27.3 Å². The molecule has 0 aliphatic carbocycles. The molecule has 0 bridgehead atoms. The van der Waals surface area contributed by atoms with Gasteiger partial charge >= 0.3 is 0 Å². The van der Waals surface area contributed by atoms with E-state index in [-0.39, 0.29) is 5.91 Å². The van der Waals surface area contributed by atoms with E-state index in [2.05, 4.69) is 10.4 Å². The number of nitrogens with zero attached hydrogens (tertiary/aromatic N) is 2. The van der Waals surface area contributed by atoms with Crippen LogP contribution in [-0.4, -0.2) is 15.7 Å². The second kappa shape index (κ2) is 8.06. The van der Waals surface area contributed by atoms with Crippen LogP contribution in [-0.2, 0) is 20.2 Å². The number of rotatable bonds is 6. The van der Waals surface area contributed by atoms with Crippen LogP contribution in [0, 0.1) is 6.92 Å². The summed E-state index contributed by atoms with van der Waals surface area (Å²) in [5.74, 6) is 0.474. The highest BCUT2D eigenvalue weighted by Crippen LogP contribution is 2.24. The fourth-order valence-corrected chi connectivity index (χ4v) is 2.71. The number of para-hydroxylation sites is 1. The molecule has 0 aliphatic rings. The molecule has 3 aromatic rings. The smallest absolute Gasteiger partial charge is 0.251 e. The van der Waals surface area contributed by atoms with Crippen LogP contribution in [0.3, 0.4) is 0 Å². The van der Waals surface area contributed by atoms with Crippen molar-refractivity contribution in [1.82, 2.24) is 15.1 Å². The zero-order chi connectivity index (χ0) is 18.5. The van der Waals surface area contributed by atoms with Crippen molar-refractivity contribution in [1.29, 1.82) is 0 Å². The maximum absolute atomic E-state index is 12.4. The van der Waals surface area contributed by atoms with E-state index in [1.165, 1.54) is 0 Å². The number of carbonyl (C=O) groups excluding carboxylic acids is 1. The van der Waals surface area contributed by atoms with E-state index in [1.807, 2.05) is 56.4 Å². The van der Waals surface area contributed by atoms with Gasteiger partial charge in [0.2, 0.25) is 0 Å². The first-order valence-electron chi connectivity index (χ1n) is 8.27. The lowest BCUT2D eigenvalue weighted by molar-refractivity contribution is 0.0950. The zero-order valence-corrected chi connectivity index (χ0v) is 15.5. The molecule has 0 aliphatic heterocycles. The van der Waals surface area contributed by atoms with E-state index in [0.29, 0.717) is 29.5 Å². The number of benzene rings is 2. The quantitative estimate of drug-likeness (QED) is 0.717. The Morgan fingerprint density at radius 1 is 1.19 bits per heavy atom. The molecule has 0 unspecified atom stereocenters. The van der Waals surface area contributed by atoms with E-state index in [1.54, 1.807) is 16.8 Å². The van der Waals surface area contributed by atoms with Gasteiger partial charge in [-0.2, -0.15) is 5.10 Å². The molecule has 2 aromatic carbocycles. The SMILES string of the molecule is Cc1cc(CNC(=O)c2cccc(COc3ccccc3Cl)c2)nn1C. The number of amides is 1. The van der Waals surface area contributed by atoms with Gasteiger partial charge in [-0.1, -0.05) is 35.9 Å². The van der Waals surface area contributed by atoms with Crippen LogP contribution in [0.25, 0.3) is 0 Å². The Kier molecular flexibility index (Phi) is 5.58. The lowest BCUT2D eigenvalue weighted by atomic mass is 10.1. The molecule has 0 saturated heterocycles. The summed E-state index contributed by atoms with van der Waals surface area (Å²) in [4.78, 5) is 12.4. The highest BCUT2D eigenvalue weighted by Gasteiger charge is 2.09. The highest BCUT2D eigenvalue weighted by molar-refractivity contribution is 6.32. The molecule has 1 amide bonds. The van der Waals surface area contributed by atoms with E-state index < -0.39 is 0 Å². The van der Waals surface area contributed by atoms with Gasteiger partial charge in [0.1, 0.15) is 12.4 Å². The summed E-state index contributed by atoms with van der Waals surface area (Å²) in [5.41, 5.74) is 3.36. The minimum Gasteiger partial charge on any atom is -0.487 e. The average molecular weight is 370 g/mol. The molecule has 0 fully saturated rings. The Bertz CT molecular complexity index is 901. The Morgan fingerprint density at radius 3 is 2.73 bits per heavy atom. The fraction of sp³-hybridized carbons (Fsp3) is 0.200. The molecule has 1 aromatic heterocycles. The molecule has 0 saturated carbocycles. The average Bonchev–Trinajstić information content (AvgIpc) is 2.97. The standard InChI is InChI=1S/C20H20ClN3O2/c1-14-10-17(23-24(14)2)12-22-20(25)16-7-5-6-15(11-16)13-26-19-9-4-3-8-18(19)21/h3-11H,12-13H2,1-2H3,(H,22,25). The molecule has 1 N–H and O–H groups in total. The third-order valence-electron chi connectivity index (χ3n) is 4.01. The third kappa shape index (κ3) is 4.43. The Labute approximate surface area is 157 Å². The first-order chi connectivity index (χ1) is 12.5. The predicted molar refractivity (Wildman–Crippen MR) is 101 cm³/mol. The largest absolute Gasteiger partial charge is 0.487 e. The second-order valence-electron chi connectivity index (χ2n) is 6.00. The number of hydrogen-bond donors (Lipinski definition) is 1. The summed E-state index contributed by atoms with van der Waals surface area (Å²) in [6.07, 6.45) is 0. The summed E-state index contributed by atoms with van der Waals surface area (Å²) >= 11 is 6.09. The number of nitrogens with one attached hydrogen (secondary N) is 1. The van der Waals surface area contributed by atoms with Gasteiger partial charge in [-0.15, -0.1) is 0 Å². The van der Waals surface area contributed by atoms with Crippen LogP contribution in [0.15, 0.2) is 54.6 Å². The summed E-state index contributed by atoms with van der Waals surface area (Å²) in [6, 6.07) is 16.6. The normalized spacial score (nSPS) is 10.6.